The number of hydrogen-bond acceptors (Lipinski definition) is 2. The fourth-order valence-electron chi connectivity index (χ4n) is 1.55. The molecule has 1 heterocycles. The molecular weight excluding hydrogens is 178 g/mol. The molecule has 0 saturated carbocycles. The van der Waals surface area contributed by atoms with E-state index in [-0.39, 0.29) is 11.7 Å². The third kappa shape index (κ3) is 2.05. The van der Waals surface area contributed by atoms with Crippen LogP contribution in [0.2, 0.25) is 0 Å². The van der Waals surface area contributed by atoms with E-state index < -0.39 is 0 Å². The average Bonchev–Trinajstić information content (AvgIpc) is 2.39. The molecule has 0 spiro atoms. The van der Waals surface area contributed by atoms with Gasteiger partial charge < -0.3 is 0 Å². The normalized spacial score (nSPS) is 11.2. The number of unbranched alkanes of at least 4 members (excludes halogenated alkanes) is 1. The number of rotatable bonds is 4. The van der Waals surface area contributed by atoms with Gasteiger partial charge in [0, 0.05) is 19.5 Å². The van der Waals surface area contributed by atoms with E-state index in [4.69, 9.17) is 0 Å². The number of nitrogens with zero attached hydrogens (tertiary/aromatic N) is 3. The molecule has 0 bridgehead atoms. The lowest BCUT2D eigenvalue weighted by Crippen LogP contribution is -2.25. The Bertz CT molecular complexity index is 349. The number of aryl methyl sites for hydroxylation is 2. The van der Waals surface area contributed by atoms with Crippen LogP contribution in [-0.4, -0.2) is 14.3 Å². The first-order valence-corrected chi connectivity index (χ1v) is 5.22. The van der Waals surface area contributed by atoms with E-state index >= 15 is 0 Å². The second kappa shape index (κ2) is 4.44. The summed E-state index contributed by atoms with van der Waals surface area (Å²) in [5.41, 5.74) is -0.00824. The Morgan fingerprint density at radius 2 is 2.07 bits per heavy atom. The van der Waals surface area contributed by atoms with Gasteiger partial charge in [0.15, 0.2) is 0 Å². The van der Waals surface area contributed by atoms with E-state index in [2.05, 4.69) is 12.0 Å². The van der Waals surface area contributed by atoms with E-state index in [1.807, 2.05) is 13.8 Å². The van der Waals surface area contributed by atoms with Crippen molar-refractivity contribution in [2.24, 2.45) is 7.05 Å². The Hall–Kier alpha value is -1.06. The van der Waals surface area contributed by atoms with Crippen molar-refractivity contribution in [3.63, 3.8) is 0 Å². The van der Waals surface area contributed by atoms with E-state index in [9.17, 15) is 4.79 Å². The molecule has 0 saturated heterocycles. The molecule has 0 atom stereocenters. The minimum Gasteiger partial charge on any atom is -0.276 e. The molecule has 0 unspecified atom stereocenters. The van der Waals surface area contributed by atoms with E-state index in [1.54, 1.807) is 11.6 Å². The van der Waals surface area contributed by atoms with Gasteiger partial charge >= 0.3 is 5.69 Å². The van der Waals surface area contributed by atoms with Crippen LogP contribution in [-0.2, 0) is 13.5 Å². The first-order valence-electron chi connectivity index (χ1n) is 5.22. The van der Waals surface area contributed by atoms with Gasteiger partial charge in [-0.1, -0.05) is 13.3 Å². The fourth-order valence-corrected chi connectivity index (χ4v) is 1.55. The zero-order valence-electron chi connectivity index (χ0n) is 9.45. The average molecular weight is 197 g/mol. The molecule has 1 rings (SSSR count). The van der Waals surface area contributed by atoms with Gasteiger partial charge in [-0.15, -0.1) is 0 Å². The summed E-state index contributed by atoms with van der Waals surface area (Å²) in [6, 6.07) is 0.197. The molecule has 0 aromatic carbocycles. The highest BCUT2D eigenvalue weighted by molar-refractivity contribution is 4.89. The minimum atomic E-state index is -0.00824. The molecule has 0 fully saturated rings. The highest BCUT2D eigenvalue weighted by atomic mass is 16.2. The number of aromatic nitrogens is 3. The van der Waals surface area contributed by atoms with Crippen LogP contribution < -0.4 is 5.69 Å². The Morgan fingerprint density at radius 3 is 2.57 bits per heavy atom. The maximum absolute atomic E-state index is 11.7. The van der Waals surface area contributed by atoms with E-state index in [1.165, 1.54) is 4.68 Å². The SMILES string of the molecule is CCCCc1nn(C)c(=O)n1C(C)C. The quantitative estimate of drug-likeness (QED) is 0.734. The van der Waals surface area contributed by atoms with Crippen LogP contribution in [0.1, 0.15) is 45.5 Å². The third-order valence-electron chi connectivity index (χ3n) is 2.30. The highest BCUT2D eigenvalue weighted by Crippen LogP contribution is 2.06. The molecule has 80 valence electrons. The summed E-state index contributed by atoms with van der Waals surface area (Å²) in [5.74, 6) is 0.911. The lowest BCUT2D eigenvalue weighted by atomic mass is 10.2. The topological polar surface area (TPSA) is 39.8 Å². The van der Waals surface area contributed by atoms with Gasteiger partial charge in [-0.05, 0) is 20.3 Å². The predicted octanol–water partition coefficient (Wildman–Crippen LogP) is 1.51. The number of hydrogen-bond donors (Lipinski definition) is 0. The summed E-state index contributed by atoms with van der Waals surface area (Å²) in [6.45, 7) is 6.16. The summed E-state index contributed by atoms with van der Waals surface area (Å²) in [6.07, 6.45) is 3.11. The predicted molar refractivity (Wildman–Crippen MR) is 56.5 cm³/mol. The zero-order chi connectivity index (χ0) is 10.7. The highest BCUT2D eigenvalue weighted by Gasteiger charge is 2.12. The molecule has 14 heavy (non-hydrogen) atoms. The van der Waals surface area contributed by atoms with Gasteiger partial charge in [0.2, 0.25) is 0 Å². The standard InChI is InChI=1S/C10H19N3O/c1-5-6-7-9-11-12(4)10(14)13(9)8(2)3/h8H,5-7H2,1-4H3. The van der Waals surface area contributed by atoms with E-state index in [0.717, 1.165) is 25.1 Å². The minimum absolute atomic E-state index is 0.00824. The van der Waals surface area contributed by atoms with Crippen molar-refractivity contribution in [1.82, 2.24) is 14.3 Å². The first-order chi connectivity index (χ1) is 6.57. The van der Waals surface area contributed by atoms with Gasteiger partial charge in [-0.2, -0.15) is 5.10 Å². The van der Waals surface area contributed by atoms with Crippen molar-refractivity contribution in [3.05, 3.63) is 16.3 Å². The molecule has 0 aliphatic rings. The lowest BCUT2D eigenvalue weighted by Gasteiger charge is -2.07. The van der Waals surface area contributed by atoms with Crippen LogP contribution in [0, 0.1) is 0 Å². The van der Waals surface area contributed by atoms with Gasteiger partial charge in [0.25, 0.3) is 0 Å². The van der Waals surface area contributed by atoms with Gasteiger partial charge in [0.05, 0.1) is 0 Å². The maximum Gasteiger partial charge on any atom is 0.345 e. The summed E-state index contributed by atoms with van der Waals surface area (Å²) in [7, 11) is 1.71. The van der Waals surface area contributed by atoms with Gasteiger partial charge in [-0.25, -0.2) is 9.48 Å². The smallest absolute Gasteiger partial charge is 0.276 e. The molecule has 4 nitrogen and oxygen atoms in total. The summed E-state index contributed by atoms with van der Waals surface area (Å²) >= 11 is 0. The summed E-state index contributed by atoms with van der Waals surface area (Å²) < 4.78 is 3.20. The van der Waals surface area contributed by atoms with Crippen molar-refractivity contribution >= 4 is 0 Å². The van der Waals surface area contributed by atoms with Crippen LogP contribution in [0.15, 0.2) is 4.79 Å². The lowest BCUT2D eigenvalue weighted by molar-refractivity contribution is 0.540. The largest absolute Gasteiger partial charge is 0.345 e. The molecule has 0 aliphatic carbocycles. The van der Waals surface area contributed by atoms with Crippen molar-refractivity contribution < 1.29 is 0 Å². The molecule has 1 aromatic heterocycles. The molecular formula is C10H19N3O. The van der Waals surface area contributed by atoms with Crippen molar-refractivity contribution in [1.29, 1.82) is 0 Å². The Balaban J connectivity index is 3.03. The van der Waals surface area contributed by atoms with Crippen molar-refractivity contribution in [3.8, 4) is 0 Å². The van der Waals surface area contributed by atoms with Crippen LogP contribution in [0.4, 0.5) is 0 Å². The van der Waals surface area contributed by atoms with Gasteiger partial charge in [-0.3, -0.25) is 4.57 Å². The zero-order valence-corrected chi connectivity index (χ0v) is 9.45. The Morgan fingerprint density at radius 1 is 1.43 bits per heavy atom. The molecule has 0 aliphatic heterocycles. The second-order valence-corrected chi connectivity index (χ2v) is 3.89. The molecule has 0 N–H and O–H groups in total. The summed E-state index contributed by atoms with van der Waals surface area (Å²) in [5, 5.41) is 4.24. The Kier molecular flexibility index (Phi) is 3.49. The molecule has 1 aromatic rings. The van der Waals surface area contributed by atoms with Crippen LogP contribution in [0.5, 0.6) is 0 Å². The molecule has 0 radical (unpaired) electrons. The Labute approximate surface area is 84.5 Å². The van der Waals surface area contributed by atoms with E-state index in [0.29, 0.717) is 0 Å². The maximum atomic E-state index is 11.7. The molecule has 0 amide bonds. The monoisotopic (exact) mass is 197 g/mol. The van der Waals surface area contributed by atoms with Crippen LogP contribution in [0.25, 0.3) is 0 Å². The second-order valence-electron chi connectivity index (χ2n) is 3.89. The van der Waals surface area contributed by atoms with Crippen molar-refractivity contribution in [2.45, 2.75) is 46.1 Å². The fraction of sp³-hybridized carbons (Fsp3) is 0.800. The van der Waals surface area contributed by atoms with Crippen LogP contribution in [0.3, 0.4) is 0 Å². The third-order valence-corrected chi connectivity index (χ3v) is 2.30. The first kappa shape index (κ1) is 11.0. The summed E-state index contributed by atoms with van der Waals surface area (Å²) in [4.78, 5) is 11.7. The van der Waals surface area contributed by atoms with Gasteiger partial charge in [0.1, 0.15) is 5.82 Å². The van der Waals surface area contributed by atoms with Crippen molar-refractivity contribution in [2.75, 3.05) is 0 Å². The van der Waals surface area contributed by atoms with Crippen LogP contribution >= 0.6 is 0 Å². The molecule has 4 heteroatoms.